The second-order valence-electron chi connectivity index (χ2n) is 8.84. The largest absolute Gasteiger partial charge is 0.507 e. The molecule has 1 fully saturated rings. The van der Waals surface area contributed by atoms with Gasteiger partial charge in [-0.05, 0) is 60.7 Å². The molecule has 3 rings (SSSR count). The molecule has 1 saturated heterocycles. The van der Waals surface area contributed by atoms with E-state index in [-0.39, 0.29) is 23.8 Å². The molecule has 1 unspecified atom stereocenters. The van der Waals surface area contributed by atoms with E-state index in [9.17, 15) is 19.5 Å². The first kappa shape index (κ1) is 26.9. The van der Waals surface area contributed by atoms with E-state index in [0.29, 0.717) is 42.3 Å². The van der Waals surface area contributed by atoms with Crippen molar-refractivity contribution < 1.29 is 33.7 Å². The zero-order valence-corrected chi connectivity index (χ0v) is 21.4. The Morgan fingerprint density at radius 1 is 1.11 bits per heavy atom. The average Bonchev–Trinajstić information content (AvgIpc) is 3.09. The number of rotatable bonds is 10. The quantitative estimate of drug-likeness (QED) is 0.128. The van der Waals surface area contributed by atoms with Crippen LogP contribution in [0.2, 0.25) is 0 Å². The number of ketones is 1. The number of esters is 1. The molecular weight excluding hydrogens is 462 g/mol. The average molecular weight is 496 g/mol. The highest BCUT2D eigenvalue weighted by molar-refractivity contribution is 6.46. The molecule has 1 aliphatic rings. The van der Waals surface area contributed by atoms with Gasteiger partial charge in [0.05, 0.1) is 18.2 Å². The van der Waals surface area contributed by atoms with Gasteiger partial charge in [0.2, 0.25) is 0 Å². The van der Waals surface area contributed by atoms with Crippen molar-refractivity contribution in [3.63, 3.8) is 0 Å². The number of ether oxygens (including phenoxy) is 3. The van der Waals surface area contributed by atoms with Crippen LogP contribution in [0.4, 0.5) is 0 Å². The van der Waals surface area contributed by atoms with Gasteiger partial charge in [0.25, 0.3) is 11.7 Å². The molecule has 1 heterocycles. The third-order valence-electron chi connectivity index (χ3n) is 5.95. The number of amides is 1. The van der Waals surface area contributed by atoms with Gasteiger partial charge in [0, 0.05) is 32.7 Å². The van der Waals surface area contributed by atoms with Crippen LogP contribution in [0.15, 0.2) is 48.0 Å². The standard InChI is InChI=1S/C28H33NO7/c1-6-35-23-13-10-20(16-22(23)17(2)3)26(31)24-25(19-8-11-21(12-9-19)36-18(4)30)29(14-7-15-34-5)28(33)27(24)32/h8-13,16-17,25,31H,6-7,14-15H2,1-5H3/b26-24-. The lowest BCUT2D eigenvalue weighted by molar-refractivity contribution is -0.140. The topological polar surface area (TPSA) is 102 Å². The fourth-order valence-corrected chi connectivity index (χ4v) is 4.31. The number of hydrogen-bond acceptors (Lipinski definition) is 7. The number of nitrogens with zero attached hydrogens (tertiary/aromatic N) is 1. The maximum absolute atomic E-state index is 13.2. The van der Waals surface area contributed by atoms with E-state index in [4.69, 9.17) is 14.2 Å². The summed E-state index contributed by atoms with van der Waals surface area (Å²) in [5.41, 5.74) is 1.94. The molecule has 0 bridgehead atoms. The summed E-state index contributed by atoms with van der Waals surface area (Å²) in [6.07, 6.45) is 0.520. The predicted molar refractivity (Wildman–Crippen MR) is 135 cm³/mol. The summed E-state index contributed by atoms with van der Waals surface area (Å²) in [6.45, 7) is 8.42. The molecule has 1 atom stereocenters. The third-order valence-corrected chi connectivity index (χ3v) is 5.95. The van der Waals surface area contributed by atoms with Gasteiger partial charge in [-0.3, -0.25) is 14.4 Å². The molecular formula is C28H33NO7. The fourth-order valence-electron chi connectivity index (χ4n) is 4.31. The lowest BCUT2D eigenvalue weighted by Crippen LogP contribution is -2.31. The van der Waals surface area contributed by atoms with Crippen LogP contribution >= 0.6 is 0 Å². The van der Waals surface area contributed by atoms with Gasteiger partial charge in [-0.2, -0.15) is 0 Å². The van der Waals surface area contributed by atoms with Gasteiger partial charge in [-0.25, -0.2) is 0 Å². The van der Waals surface area contributed by atoms with Gasteiger partial charge in [0.15, 0.2) is 0 Å². The van der Waals surface area contributed by atoms with Crippen molar-refractivity contribution in [2.45, 2.75) is 46.1 Å². The summed E-state index contributed by atoms with van der Waals surface area (Å²) in [5.74, 6) is -0.972. The normalized spacial score (nSPS) is 17.1. The van der Waals surface area contributed by atoms with Crippen LogP contribution in [0.25, 0.3) is 5.76 Å². The first-order chi connectivity index (χ1) is 17.2. The van der Waals surface area contributed by atoms with E-state index >= 15 is 0 Å². The van der Waals surface area contributed by atoms with Crippen molar-refractivity contribution in [1.29, 1.82) is 0 Å². The highest BCUT2D eigenvalue weighted by Crippen LogP contribution is 2.41. The zero-order valence-electron chi connectivity index (χ0n) is 21.4. The first-order valence-corrected chi connectivity index (χ1v) is 12.0. The van der Waals surface area contributed by atoms with Crippen LogP contribution < -0.4 is 9.47 Å². The van der Waals surface area contributed by atoms with Gasteiger partial charge >= 0.3 is 5.97 Å². The SMILES string of the molecule is CCOc1ccc(/C(O)=C2/C(=O)C(=O)N(CCCOC)C2c2ccc(OC(C)=O)cc2)cc1C(C)C. The lowest BCUT2D eigenvalue weighted by Gasteiger charge is -2.25. The van der Waals surface area contributed by atoms with Crippen molar-refractivity contribution in [1.82, 2.24) is 4.90 Å². The minimum Gasteiger partial charge on any atom is -0.507 e. The Morgan fingerprint density at radius 2 is 1.81 bits per heavy atom. The van der Waals surface area contributed by atoms with Crippen LogP contribution in [0, 0.1) is 0 Å². The summed E-state index contributed by atoms with van der Waals surface area (Å²) >= 11 is 0. The number of likely N-dealkylation sites (tertiary alicyclic amines) is 1. The van der Waals surface area contributed by atoms with Crippen LogP contribution in [0.1, 0.15) is 62.8 Å². The van der Waals surface area contributed by atoms with E-state index in [2.05, 4.69) is 0 Å². The summed E-state index contributed by atoms with van der Waals surface area (Å²) in [7, 11) is 1.57. The Morgan fingerprint density at radius 3 is 2.39 bits per heavy atom. The van der Waals surface area contributed by atoms with Gasteiger partial charge in [-0.15, -0.1) is 0 Å². The summed E-state index contributed by atoms with van der Waals surface area (Å²) in [4.78, 5) is 39.0. The number of benzene rings is 2. The molecule has 1 aliphatic heterocycles. The summed E-state index contributed by atoms with van der Waals surface area (Å²) in [5, 5.41) is 11.4. The van der Waals surface area contributed by atoms with Gasteiger partial charge in [-0.1, -0.05) is 26.0 Å². The van der Waals surface area contributed by atoms with Gasteiger partial charge < -0.3 is 24.2 Å². The summed E-state index contributed by atoms with van der Waals surface area (Å²) in [6, 6.07) is 11.0. The van der Waals surface area contributed by atoms with Crippen molar-refractivity contribution in [2.75, 3.05) is 26.9 Å². The maximum atomic E-state index is 13.2. The Balaban J connectivity index is 2.13. The van der Waals surface area contributed by atoms with E-state index in [1.165, 1.54) is 11.8 Å². The van der Waals surface area contributed by atoms with Crippen LogP contribution in [-0.4, -0.2) is 54.5 Å². The Hall–Kier alpha value is -3.65. The molecule has 8 heteroatoms. The monoisotopic (exact) mass is 495 g/mol. The highest BCUT2D eigenvalue weighted by Gasteiger charge is 2.45. The fraction of sp³-hybridized carbons (Fsp3) is 0.393. The minimum absolute atomic E-state index is 0.0107. The molecule has 8 nitrogen and oxygen atoms in total. The summed E-state index contributed by atoms with van der Waals surface area (Å²) < 4.78 is 16.0. The van der Waals surface area contributed by atoms with Crippen LogP contribution in [-0.2, 0) is 19.1 Å². The van der Waals surface area contributed by atoms with E-state index in [0.717, 1.165) is 5.56 Å². The van der Waals surface area contributed by atoms with Crippen molar-refractivity contribution in [3.8, 4) is 11.5 Å². The Kier molecular flexibility index (Phi) is 8.88. The van der Waals surface area contributed by atoms with Crippen LogP contribution in [0.3, 0.4) is 0 Å². The number of aliphatic hydroxyl groups is 1. The molecule has 2 aromatic carbocycles. The second kappa shape index (κ2) is 11.9. The molecule has 0 radical (unpaired) electrons. The molecule has 0 aliphatic carbocycles. The number of carbonyl (C=O) groups excluding carboxylic acids is 3. The number of methoxy groups -OCH3 is 1. The molecule has 1 N–H and O–H groups in total. The smallest absolute Gasteiger partial charge is 0.308 e. The Labute approximate surface area is 211 Å². The molecule has 0 spiro atoms. The third kappa shape index (κ3) is 5.76. The number of Topliss-reactive ketones (excluding diaryl/α,β-unsaturated/α-hetero) is 1. The Bertz CT molecular complexity index is 1150. The van der Waals surface area contributed by atoms with Crippen LogP contribution in [0.5, 0.6) is 11.5 Å². The van der Waals surface area contributed by atoms with Crippen molar-refractivity contribution >= 4 is 23.4 Å². The zero-order chi connectivity index (χ0) is 26.4. The van der Waals surface area contributed by atoms with Crippen molar-refractivity contribution in [3.05, 3.63) is 64.7 Å². The molecule has 2 aromatic rings. The minimum atomic E-state index is -0.803. The highest BCUT2D eigenvalue weighted by atomic mass is 16.5. The second-order valence-corrected chi connectivity index (χ2v) is 8.84. The molecule has 192 valence electrons. The molecule has 0 saturated carbocycles. The lowest BCUT2D eigenvalue weighted by atomic mass is 9.93. The molecule has 1 amide bonds. The van der Waals surface area contributed by atoms with Gasteiger partial charge in [0.1, 0.15) is 17.3 Å². The van der Waals surface area contributed by atoms with Crippen molar-refractivity contribution in [2.24, 2.45) is 0 Å². The number of carbonyl (C=O) groups is 3. The molecule has 36 heavy (non-hydrogen) atoms. The number of hydrogen-bond donors (Lipinski definition) is 1. The predicted octanol–water partition coefficient (Wildman–Crippen LogP) is 4.59. The van der Waals surface area contributed by atoms with E-state index in [1.807, 2.05) is 20.8 Å². The number of aliphatic hydroxyl groups excluding tert-OH is 1. The molecule has 0 aromatic heterocycles. The van der Waals surface area contributed by atoms with E-state index < -0.39 is 23.7 Å². The first-order valence-electron chi connectivity index (χ1n) is 12.0. The maximum Gasteiger partial charge on any atom is 0.308 e. The van der Waals surface area contributed by atoms with E-state index in [1.54, 1.807) is 49.6 Å².